The van der Waals surface area contributed by atoms with Gasteiger partial charge in [-0.3, -0.25) is 19.3 Å². The van der Waals surface area contributed by atoms with E-state index in [1.807, 2.05) is 4.90 Å². The Labute approximate surface area is 158 Å². The van der Waals surface area contributed by atoms with Crippen LogP contribution in [0.15, 0.2) is 30.0 Å². The number of hydrogen-bond donors (Lipinski definition) is 1. The number of hydrogen-bond acceptors (Lipinski definition) is 6. The zero-order valence-electron chi connectivity index (χ0n) is 16.1. The number of imide groups is 1. The van der Waals surface area contributed by atoms with E-state index < -0.39 is 0 Å². The minimum Gasteiger partial charge on any atom is -0.383 e. The molecule has 1 aliphatic rings. The van der Waals surface area contributed by atoms with Crippen molar-refractivity contribution in [2.45, 2.75) is 6.92 Å². The normalized spacial score (nSPS) is 14.1. The van der Waals surface area contributed by atoms with Crippen molar-refractivity contribution in [3.05, 3.63) is 35.5 Å². The molecular weight excluding hydrogens is 350 g/mol. The molecule has 0 fully saturated rings. The predicted molar refractivity (Wildman–Crippen MR) is 101 cm³/mol. The van der Waals surface area contributed by atoms with Crippen LogP contribution in [0.5, 0.6) is 0 Å². The molecule has 27 heavy (non-hydrogen) atoms. The van der Waals surface area contributed by atoms with Gasteiger partial charge in [0.1, 0.15) is 5.70 Å². The van der Waals surface area contributed by atoms with Gasteiger partial charge in [0.25, 0.3) is 11.8 Å². The molecule has 8 heteroatoms. The summed E-state index contributed by atoms with van der Waals surface area (Å²) in [5.74, 6) is -0.893. The molecule has 1 aromatic rings. The second-order valence-electron chi connectivity index (χ2n) is 6.12. The van der Waals surface area contributed by atoms with E-state index in [1.54, 1.807) is 38.5 Å². The molecule has 0 bridgehead atoms. The predicted octanol–water partition coefficient (Wildman–Crippen LogP) is 0.949. The molecule has 1 aliphatic heterocycles. The summed E-state index contributed by atoms with van der Waals surface area (Å²) in [6, 6.07) is 6.84. The highest BCUT2D eigenvalue weighted by atomic mass is 16.5. The summed E-state index contributed by atoms with van der Waals surface area (Å²) in [6.07, 6.45) is 0. The molecule has 146 valence electrons. The van der Waals surface area contributed by atoms with E-state index in [-0.39, 0.29) is 17.7 Å². The van der Waals surface area contributed by atoms with Crippen LogP contribution in [-0.2, 0) is 23.9 Å². The zero-order valence-corrected chi connectivity index (χ0v) is 16.1. The summed E-state index contributed by atoms with van der Waals surface area (Å²) < 4.78 is 10.3. The number of amides is 3. The van der Waals surface area contributed by atoms with Crippen molar-refractivity contribution in [1.82, 2.24) is 9.80 Å². The van der Waals surface area contributed by atoms with Crippen molar-refractivity contribution < 1.29 is 23.9 Å². The van der Waals surface area contributed by atoms with Crippen molar-refractivity contribution in [1.29, 1.82) is 0 Å². The van der Waals surface area contributed by atoms with Crippen molar-refractivity contribution in [3.63, 3.8) is 0 Å². The maximum atomic E-state index is 12.7. The van der Waals surface area contributed by atoms with Gasteiger partial charge in [0.15, 0.2) is 0 Å². The van der Waals surface area contributed by atoms with Crippen molar-refractivity contribution >= 4 is 29.0 Å². The van der Waals surface area contributed by atoms with E-state index in [4.69, 9.17) is 9.47 Å². The van der Waals surface area contributed by atoms with Gasteiger partial charge < -0.3 is 19.7 Å². The summed E-state index contributed by atoms with van der Waals surface area (Å²) in [7, 11) is 4.63. The Hall–Kier alpha value is -2.71. The summed E-state index contributed by atoms with van der Waals surface area (Å²) >= 11 is 0. The fraction of sp³-hybridized carbons (Fsp3) is 0.421. The number of carbonyl (C=O) groups is 3. The second kappa shape index (κ2) is 9.29. The van der Waals surface area contributed by atoms with Crippen molar-refractivity contribution in [2.75, 3.05) is 52.9 Å². The first-order valence-corrected chi connectivity index (χ1v) is 8.58. The van der Waals surface area contributed by atoms with Gasteiger partial charge in [0.2, 0.25) is 5.91 Å². The summed E-state index contributed by atoms with van der Waals surface area (Å²) in [6.45, 7) is 3.15. The first-order chi connectivity index (χ1) is 12.9. The Balaban J connectivity index is 2.45. The van der Waals surface area contributed by atoms with E-state index >= 15 is 0 Å². The summed E-state index contributed by atoms with van der Waals surface area (Å²) in [5.41, 5.74) is 1.91. The van der Waals surface area contributed by atoms with E-state index in [1.165, 1.54) is 14.0 Å². The minimum absolute atomic E-state index is 0.181. The molecule has 1 heterocycles. The Kier molecular flexibility index (Phi) is 7.09. The average Bonchev–Trinajstić information content (AvgIpc) is 2.86. The first-order valence-electron chi connectivity index (χ1n) is 8.58. The lowest BCUT2D eigenvalue weighted by Crippen LogP contribution is -2.36. The van der Waals surface area contributed by atoms with Gasteiger partial charge in [-0.1, -0.05) is 12.1 Å². The molecule has 0 unspecified atom stereocenters. The van der Waals surface area contributed by atoms with Gasteiger partial charge in [-0.15, -0.1) is 0 Å². The van der Waals surface area contributed by atoms with Gasteiger partial charge in [-0.05, 0) is 17.7 Å². The first kappa shape index (κ1) is 20.6. The maximum absolute atomic E-state index is 12.7. The lowest BCUT2D eigenvalue weighted by molar-refractivity contribution is -0.136. The molecule has 0 spiro atoms. The van der Waals surface area contributed by atoms with Gasteiger partial charge in [-0.25, -0.2) is 0 Å². The standard InChI is InChI=1S/C19H25N3O5/c1-13(23)20-15-7-5-14(6-8-15)16-17(19(25)21(2)18(16)24)22(9-11-26-3)10-12-27-4/h5-8H,9-12H2,1-4H3,(H,20,23). The molecule has 0 atom stereocenters. The monoisotopic (exact) mass is 375 g/mol. The number of rotatable bonds is 9. The molecule has 1 N–H and O–H groups in total. The number of likely N-dealkylation sites (N-methyl/N-ethyl adjacent to an activating group) is 1. The average molecular weight is 375 g/mol. The molecule has 0 saturated carbocycles. The molecule has 0 saturated heterocycles. The van der Waals surface area contributed by atoms with Gasteiger partial charge in [0, 0.05) is 47.0 Å². The molecule has 1 aromatic carbocycles. The number of nitrogens with one attached hydrogen (secondary N) is 1. The highest BCUT2D eigenvalue weighted by molar-refractivity contribution is 6.35. The van der Waals surface area contributed by atoms with Crippen LogP contribution in [-0.4, -0.2) is 75.1 Å². The fourth-order valence-corrected chi connectivity index (χ4v) is 2.84. The number of carbonyl (C=O) groups excluding carboxylic acids is 3. The Morgan fingerprint density at radius 3 is 2.07 bits per heavy atom. The molecule has 0 aromatic heterocycles. The fourth-order valence-electron chi connectivity index (χ4n) is 2.84. The van der Waals surface area contributed by atoms with E-state index in [0.717, 1.165) is 4.90 Å². The smallest absolute Gasteiger partial charge is 0.277 e. The minimum atomic E-state index is -0.359. The lowest BCUT2D eigenvalue weighted by Gasteiger charge is -2.25. The molecule has 0 aliphatic carbocycles. The number of nitrogens with zero attached hydrogens (tertiary/aromatic N) is 2. The van der Waals surface area contributed by atoms with Crippen LogP contribution in [0.4, 0.5) is 5.69 Å². The van der Waals surface area contributed by atoms with E-state index in [9.17, 15) is 14.4 Å². The number of methoxy groups -OCH3 is 2. The molecule has 0 radical (unpaired) electrons. The number of anilines is 1. The second-order valence-corrected chi connectivity index (χ2v) is 6.12. The third-order valence-corrected chi connectivity index (χ3v) is 4.20. The van der Waals surface area contributed by atoms with Crippen LogP contribution in [0.3, 0.4) is 0 Å². The largest absolute Gasteiger partial charge is 0.383 e. The topological polar surface area (TPSA) is 88.2 Å². The Bertz CT molecular complexity index is 734. The third-order valence-electron chi connectivity index (χ3n) is 4.20. The summed E-state index contributed by atoms with van der Waals surface area (Å²) in [5, 5.41) is 2.68. The number of benzene rings is 1. The van der Waals surface area contributed by atoms with Gasteiger partial charge in [0.05, 0.1) is 18.8 Å². The van der Waals surface area contributed by atoms with Gasteiger partial charge >= 0.3 is 0 Å². The summed E-state index contributed by atoms with van der Waals surface area (Å²) in [4.78, 5) is 39.6. The van der Waals surface area contributed by atoms with Gasteiger partial charge in [-0.2, -0.15) is 0 Å². The van der Waals surface area contributed by atoms with Crippen LogP contribution < -0.4 is 5.32 Å². The van der Waals surface area contributed by atoms with E-state index in [0.29, 0.717) is 48.8 Å². The highest BCUT2D eigenvalue weighted by Crippen LogP contribution is 2.31. The van der Waals surface area contributed by atoms with Crippen molar-refractivity contribution in [3.8, 4) is 0 Å². The lowest BCUT2D eigenvalue weighted by atomic mass is 10.0. The molecule has 2 rings (SSSR count). The SMILES string of the molecule is COCCN(CCOC)C1=C(c2ccc(NC(C)=O)cc2)C(=O)N(C)C1=O. The van der Waals surface area contributed by atoms with Crippen LogP contribution >= 0.6 is 0 Å². The Morgan fingerprint density at radius 1 is 1.04 bits per heavy atom. The van der Waals surface area contributed by atoms with E-state index in [2.05, 4.69) is 5.32 Å². The third kappa shape index (κ3) is 4.72. The molecular formula is C19H25N3O5. The number of ether oxygens (including phenoxy) is 2. The highest BCUT2D eigenvalue weighted by Gasteiger charge is 2.39. The van der Waals surface area contributed by atoms with Crippen LogP contribution in [0.25, 0.3) is 5.57 Å². The molecule has 3 amide bonds. The maximum Gasteiger partial charge on any atom is 0.277 e. The van der Waals surface area contributed by atoms with Crippen LogP contribution in [0.1, 0.15) is 12.5 Å². The zero-order chi connectivity index (χ0) is 20.0. The van der Waals surface area contributed by atoms with Crippen LogP contribution in [0.2, 0.25) is 0 Å². The van der Waals surface area contributed by atoms with Crippen molar-refractivity contribution in [2.24, 2.45) is 0 Å². The Morgan fingerprint density at radius 2 is 1.59 bits per heavy atom. The quantitative estimate of drug-likeness (QED) is 0.647. The van der Waals surface area contributed by atoms with Crippen LogP contribution in [0, 0.1) is 0 Å². The molecule has 8 nitrogen and oxygen atoms in total.